The Labute approximate surface area is 70.4 Å². The Morgan fingerprint density at radius 2 is 1.82 bits per heavy atom. The summed E-state index contributed by atoms with van der Waals surface area (Å²) in [6.07, 6.45) is 0. The van der Waals surface area contributed by atoms with E-state index in [1.54, 1.807) is 24.3 Å². The maximum Gasteiger partial charge on any atom is 0.145 e. The van der Waals surface area contributed by atoms with Gasteiger partial charge in [-0.05, 0) is 19.1 Å². The molecule has 0 aromatic heterocycles. The molecule has 1 aromatic rings. The second-order valence-electron chi connectivity index (χ2n) is 1.91. The molecule has 0 bridgehead atoms. The molecule has 0 saturated heterocycles. The van der Waals surface area contributed by atoms with Crippen molar-refractivity contribution in [2.45, 2.75) is 6.92 Å². The van der Waals surface area contributed by atoms with Crippen molar-refractivity contribution < 1.29 is 9.53 Å². The number of phenols is 1. The van der Waals surface area contributed by atoms with Gasteiger partial charge in [0.05, 0.1) is 0 Å². The lowest BCUT2D eigenvalue weighted by molar-refractivity contribution is 0.375. The third kappa shape index (κ3) is 7.09. The van der Waals surface area contributed by atoms with Gasteiger partial charge < -0.3 is 9.53 Å². The highest BCUT2D eigenvalue weighted by atomic mass is 28.2. The van der Waals surface area contributed by atoms with E-state index in [0.29, 0.717) is 5.75 Å². The normalized spacial score (nSPS) is 8.45. The molecular weight excluding hydrogens is 156 g/mol. The molecule has 2 nitrogen and oxygen atoms in total. The number of benzene rings is 1. The Bertz CT molecular complexity index is 163. The summed E-state index contributed by atoms with van der Waals surface area (Å²) >= 11 is 0. The highest BCUT2D eigenvalue weighted by molar-refractivity contribution is 5.97. The molecule has 1 rings (SSSR count). The molecular formula is C8H14O2Si. The number of rotatable bonds is 1. The second-order valence-corrected chi connectivity index (χ2v) is 2.49. The Morgan fingerprint density at radius 3 is 2.00 bits per heavy atom. The van der Waals surface area contributed by atoms with Gasteiger partial charge in [0.25, 0.3) is 0 Å². The summed E-state index contributed by atoms with van der Waals surface area (Å²) in [5, 5.41) is 8.63. The zero-order chi connectivity index (χ0) is 8.53. The van der Waals surface area contributed by atoms with Gasteiger partial charge >= 0.3 is 0 Å². The molecule has 0 unspecified atom stereocenters. The average Bonchev–Trinajstić information content (AvgIpc) is 2.07. The molecule has 1 aromatic carbocycles. The maximum absolute atomic E-state index is 8.63. The van der Waals surface area contributed by atoms with E-state index < -0.39 is 0 Å². The van der Waals surface area contributed by atoms with Crippen LogP contribution < -0.4 is 0 Å². The van der Waals surface area contributed by atoms with Crippen LogP contribution in [0, 0.1) is 0 Å². The first-order valence-electron chi connectivity index (χ1n) is 3.54. The summed E-state index contributed by atoms with van der Waals surface area (Å²) in [7, 11) is 0.890. The van der Waals surface area contributed by atoms with Gasteiger partial charge in [0.15, 0.2) is 0 Å². The van der Waals surface area contributed by atoms with Crippen molar-refractivity contribution in [3.63, 3.8) is 0 Å². The van der Waals surface area contributed by atoms with E-state index in [1.807, 2.05) is 13.0 Å². The van der Waals surface area contributed by atoms with Crippen LogP contribution in [-0.4, -0.2) is 22.2 Å². The third-order valence-corrected chi connectivity index (χ3v) is 1.62. The maximum atomic E-state index is 8.63. The van der Waals surface area contributed by atoms with Crippen LogP contribution in [-0.2, 0) is 4.43 Å². The SMILES string of the molecule is CCO[SiH3].Oc1ccccc1. The van der Waals surface area contributed by atoms with Crippen LogP contribution in [0.3, 0.4) is 0 Å². The minimum absolute atomic E-state index is 0.322. The quantitative estimate of drug-likeness (QED) is 0.629. The van der Waals surface area contributed by atoms with Crippen molar-refractivity contribution in [2.24, 2.45) is 0 Å². The lowest BCUT2D eigenvalue weighted by Gasteiger charge is -1.82. The Kier molecular flexibility index (Phi) is 6.77. The molecule has 0 atom stereocenters. The minimum atomic E-state index is 0.322. The summed E-state index contributed by atoms with van der Waals surface area (Å²) in [4.78, 5) is 0. The van der Waals surface area contributed by atoms with Crippen LogP contribution in [0.25, 0.3) is 0 Å². The molecule has 3 heteroatoms. The molecule has 0 radical (unpaired) electrons. The van der Waals surface area contributed by atoms with E-state index in [4.69, 9.17) is 5.11 Å². The lowest BCUT2D eigenvalue weighted by atomic mass is 10.3. The van der Waals surface area contributed by atoms with E-state index in [-0.39, 0.29) is 0 Å². The van der Waals surface area contributed by atoms with Crippen molar-refractivity contribution in [2.75, 3.05) is 6.61 Å². The van der Waals surface area contributed by atoms with Crippen LogP contribution >= 0.6 is 0 Å². The first-order valence-corrected chi connectivity index (χ1v) is 4.35. The summed E-state index contributed by atoms with van der Waals surface area (Å²) in [6.45, 7) is 2.87. The topological polar surface area (TPSA) is 29.5 Å². The molecule has 0 aliphatic carbocycles. The second kappa shape index (κ2) is 7.31. The minimum Gasteiger partial charge on any atom is -0.508 e. The van der Waals surface area contributed by atoms with Crippen LogP contribution in [0.15, 0.2) is 30.3 Å². The number of para-hydroxylation sites is 1. The first kappa shape index (κ1) is 10.2. The zero-order valence-electron chi connectivity index (χ0n) is 6.95. The van der Waals surface area contributed by atoms with Crippen LogP contribution in [0.5, 0.6) is 5.75 Å². The smallest absolute Gasteiger partial charge is 0.145 e. The van der Waals surface area contributed by atoms with E-state index >= 15 is 0 Å². The molecule has 62 valence electrons. The fourth-order valence-electron chi connectivity index (χ4n) is 0.428. The van der Waals surface area contributed by atoms with E-state index in [0.717, 1.165) is 17.1 Å². The molecule has 0 aliphatic heterocycles. The molecule has 0 heterocycles. The fraction of sp³-hybridized carbons (Fsp3) is 0.250. The molecule has 0 spiro atoms. The van der Waals surface area contributed by atoms with Crippen molar-refractivity contribution in [1.82, 2.24) is 0 Å². The van der Waals surface area contributed by atoms with Gasteiger partial charge in [0, 0.05) is 6.61 Å². The summed E-state index contributed by atoms with van der Waals surface area (Å²) < 4.78 is 4.68. The van der Waals surface area contributed by atoms with Crippen LogP contribution in [0.2, 0.25) is 0 Å². The van der Waals surface area contributed by atoms with Gasteiger partial charge in [0.1, 0.15) is 16.2 Å². The largest absolute Gasteiger partial charge is 0.508 e. The number of hydrogen-bond donors (Lipinski definition) is 1. The van der Waals surface area contributed by atoms with E-state index in [1.165, 1.54) is 0 Å². The van der Waals surface area contributed by atoms with Gasteiger partial charge in [-0.15, -0.1) is 0 Å². The average molecular weight is 170 g/mol. The summed E-state index contributed by atoms with van der Waals surface area (Å²) in [5.41, 5.74) is 0. The number of aromatic hydroxyl groups is 1. The van der Waals surface area contributed by atoms with Crippen LogP contribution in [0.4, 0.5) is 0 Å². The molecule has 0 fully saturated rings. The predicted molar refractivity (Wildman–Crippen MR) is 49.7 cm³/mol. The van der Waals surface area contributed by atoms with E-state index in [2.05, 4.69) is 4.43 Å². The van der Waals surface area contributed by atoms with Crippen LogP contribution in [0.1, 0.15) is 6.92 Å². The Hall–Kier alpha value is -0.803. The molecule has 1 N–H and O–H groups in total. The highest BCUT2D eigenvalue weighted by Gasteiger charge is 1.74. The number of hydrogen-bond acceptors (Lipinski definition) is 2. The Morgan fingerprint density at radius 1 is 1.36 bits per heavy atom. The van der Waals surface area contributed by atoms with Gasteiger partial charge in [-0.2, -0.15) is 0 Å². The predicted octanol–water partition coefficient (Wildman–Crippen LogP) is 0.695. The monoisotopic (exact) mass is 170 g/mol. The molecule has 0 saturated carbocycles. The van der Waals surface area contributed by atoms with Gasteiger partial charge in [-0.1, -0.05) is 18.2 Å². The van der Waals surface area contributed by atoms with Crippen molar-refractivity contribution in [3.8, 4) is 5.75 Å². The first-order chi connectivity index (χ1) is 5.31. The van der Waals surface area contributed by atoms with Gasteiger partial charge in [-0.25, -0.2) is 0 Å². The van der Waals surface area contributed by atoms with E-state index in [9.17, 15) is 0 Å². The fourth-order valence-corrected chi connectivity index (χ4v) is 0.428. The zero-order valence-corrected chi connectivity index (χ0v) is 8.95. The lowest BCUT2D eigenvalue weighted by Crippen LogP contribution is -1.76. The molecule has 0 amide bonds. The number of phenolic OH excluding ortho intramolecular Hbond substituents is 1. The summed E-state index contributed by atoms with van der Waals surface area (Å²) in [5.74, 6) is 0.322. The van der Waals surface area contributed by atoms with Gasteiger partial charge in [0.2, 0.25) is 0 Å². The van der Waals surface area contributed by atoms with Crippen molar-refractivity contribution in [3.05, 3.63) is 30.3 Å². The summed E-state index contributed by atoms with van der Waals surface area (Å²) in [6, 6.07) is 8.71. The molecule has 0 aliphatic rings. The Balaban J connectivity index is 0.000000218. The van der Waals surface area contributed by atoms with Crippen molar-refractivity contribution >= 4 is 10.5 Å². The standard InChI is InChI=1S/C6H6O.C2H8OSi/c7-6-4-2-1-3-5-6;1-2-3-4/h1-5,7H;2H2,1,4H3. The molecule has 11 heavy (non-hydrogen) atoms. The third-order valence-electron chi connectivity index (χ3n) is 1.04. The van der Waals surface area contributed by atoms with Gasteiger partial charge in [-0.3, -0.25) is 0 Å². The van der Waals surface area contributed by atoms with Crippen molar-refractivity contribution in [1.29, 1.82) is 0 Å². The highest BCUT2D eigenvalue weighted by Crippen LogP contribution is 2.02.